The highest BCUT2D eigenvalue weighted by atomic mass is 32.1. The minimum Gasteiger partial charge on any atom is -0.393 e. The molecule has 0 unspecified atom stereocenters. The molecule has 2 N–H and O–H groups in total. The Morgan fingerprint density at radius 2 is 1.88 bits per heavy atom. The highest BCUT2D eigenvalue weighted by Gasteiger charge is 2.14. The molecule has 0 fully saturated rings. The monoisotopic (exact) mass is 248 g/mol. The minimum absolute atomic E-state index is 0.0504. The van der Waals surface area contributed by atoms with Gasteiger partial charge in [0.05, 0.1) is 5.69 Å². The molecule has 0 atom stereocenters. The van der Waals surface area contributed by atoms with Crippen LogP contribution >= 0.6 is 11.3 Å². The number of nitrogen functional groups attached to an aromatic ring is 1. The fraction of sp³-hybridized carbons (Fsp3) is 0.308. The Balaban J connectivity index is 2.82. The maximum Gasteiger partial charge on any atom is 0.257 e. The van der Waals surface area contributed by atoms with Crippen LogP contribution in [0.25, 0.3) is 10.1 Å². The summed E-state index contributed by atoms with van der Waals surface area (Å²) in [5.41, 5.74) is 7.21. The summed E-state index contributed by atoms with van der Waals surface area (Å²) in [6.07, 6.45) is 0. The fourth-order valence-electron chi connectivity index (χ4n) is 2.03. The number of nitrogens with zero attached hydrogens (tertiary/aromatic N) is 1. The van der Waals surface area contributed by atoms with Crippen LogP contribution in [0.5, 0.6) is 0 Å². The lowest BCUT2D eigenvalue weighted by Crippen LogP contribution is -2.25. The first-order valence-corrected chi connectivity index (χ1v) is 6.57. The Bertz CT molecular complexity index is 587. The fourth-order valence-corrected chi connectivity index (χ4v) is 2.86. The van der Waals surface area contributed by atoms with Gasteiger partial charge in [-0.05, 0) is 19.9 Å². The molecule has 0 saturated heterocycles. The van der Waals surface area contributed by atoms with E-state index in [1.807, 2.05) is 24.3 Å². The normalized spacial score (nSPS) is 10.7. The predicted octanol–water partition coefficient (Wildman–Crippen LogP) is 2.69. The van der Waals surface area contributed by atoms with Crippen molar-refractivity contribution in [2.24, 2.45) is 0 Å². The van der Waals surface area contributed by atoms with E-state index in [0.717, 1.165) is 28.9 Å². The minimum atomic E-state index is -0.0504. The predicted molar refractivity (Wildman–Crippen MR) is 76.1 cm³/mol. The van der Waals surface area contributed by atoms with Crippen LogP contribution in [0.3, 0.4) is 0 Å². The SMILES string of the molecule is CCN(CC)c1c(N)c(=O)sc2ccccc12. The van der Waals surface area contributed by atoms with Crippen LogP contribution in [0.1, 0.15) is 13.8 Å². The molecule has 3 nitrogen and oxygen atoms in total. The van der Waals surface area contributed by atoms with E-state index in [1.54, 1.807) is 0 Å². The molecular formula is C13H16N2OS. The van der Waals surface area contributed by atoms with Gasteiger partial charge in [-0.2, -0.15) is 0 Å². The molecule has 0 aliphatic heterocycles. The first-order valence-electron chi connectivity index (χ1n) is 5.75. The van der Waals surface area contributed by atoms with Crippen LogP contribution in [0.2, 0.25) is 0 Å². The molecule has 0 aliphatic carbocycles. The summed E-state index contributed by atoms with van der Waals surface area (Å²) >= 11 is 1.21. The summed E-state index contributed by atoms with van der Waals surface area (Å²) in [6.45, 7) is 5.83. The Morgan fingerprint density at radius 3 is 2.53 bits per heavy atom. The molecule has 0 saturated carbocycles. The molecular weight excluding hydrogens is 232 g/mol. The third-order valence-corrected chi connectivity index (χ3v) is 3.88. The van der Waals surface area contributed by atoms with E-state index in [-0.39, 0.29) is 4.74 Å². The van der Waals surface area contributed by atoms with Crippen molar-refractivity contribution in [1.82, 2.24) is 0 Å². The zero-order valence-corrected chi connectivity index (χ0v) is 10.9. The Hall–Kier alpha value is -1.55. The van der Waals surface area contributed by atoms with Gasteiger partial charge in [-0.1, -0.05) is 29.5 Å². The van der Waals surface area contributed by atoms with Gasteiger partial charge in [0.15, 0.2) is 0 Å². The van der Waals surface area contributed by atoms with Gasteiger partial charge in [-0.15, -0.1) is 0 Å². The van der Waals surface area contributed by atoms with Crippen molar-refractivity contribution < 1.29 is 0 Å². The van der Waals surface area contributed by atoms with E-state index in [4.69, 9.17) is 5.73 Å². The number of benzene rings is 1. The molecule has 0 radical (unpaired) electrons. The molecule has 17 heavy (non-hydrogen) atoms. The maximum absolute atomic E-state index is 11.9. The standard InChI is InChI=1S/C13H16N2OS/c1-3-15(4-2)12-9-7-5-6-8-10(9)17-13(16)11(12)14/h5-8H,3-4,14H2,1-2H3. The summed E-state index contributed by atoms with van der Waals surface area (Å²) in [6, 6.07) is 7.91. The van der Waals surface area contributed by atoms with E-state index in [1.165, 1.54) is 11.3 Å². The number of hydrogen-bond acceptors (Lipinski definition) is 4. The van der Waals surface area contributed by atoms with Crippen molar-refractivity contribution in [2.45, 2.75) is 13.8 Å². The van der Waals surface area contributed by atoms with Crippen molar-refractivity contribution in [2.75, 3.05) is 23.7 Å². The molecule has 1 heterocycles. The molecule has 2 rings (SSSR count). The highest BCUT2D eigenvalue weighted by molar-refractivity contribution is 7.16. The van der Waals surface area contributed by atoms with Crippen LogP contribution in [0.4, 0.5) is 11.4 Å². The largest absolute Gasteiger partial charge is 0.393 e. The van der Waals surface area contributed by atoms with Crippen LogP contribution < -0.4 is 15.4 Å². The highest BCUT2D eigenvalue weighted by Crippen LogP contribution is 2.32. The van der Waals surface area contributed by atoms with Gasteiger partial charge in [0.1, 0.15) is 5.69 Å². The number of anilines is 2. The molecule has 4 heteroatoms. The smallest absolute Gasteiger partial charge is 0.257 e. The number of hydrogen-bond donors (Lipinski definition) is 1. The molecule has 0 spiro atoms. The van der Waals surface area contributed by atoms with Gasteiger partial charge < -0.3 is 10.6 Å². The topological polar surface area (TPSA) is 46.3 Å². The Morgan fingerprint density at radius 1 is 1.24 bits per heavy atom. The van der Waals surface area contributed by atoms with E-state index in [9.17, 15) is 4.79 Å². The van der Waals surface area contributed by atoms with Crippen LogP contribution in [-0.4, -0.2) is 13.1 Å². The molecule has 90 valence electrons. The van der Waals surface area contributed by atoms with Crippen molar-refractivity contribution >= 4 is 32.8 Å². The lowest BCUT2D eigenvalue weighted by molar-refractivity contribution is 0.872. The first kappa shape index (κ1) is 11.9. The van der Waals surface area contributed by atoms with E-state index < -0.39 is 0 Å². The van der Waals surface area contributed by atoms with Crippen molar-refractivity contribution in [3.8, 4) is 0 Å². The number of nitrogens with two attached hydrogens (primary N) is 1. The average Bonchev–Trinajstić information content (AvgIpc) is 2.35. The van der Waals surface area contributed by atoms with E-state index in [0.29, 0.717) is 5.69 Å². The third-order valence-electron chi connectivity index (χ3n) is 2.90. The summed E-state index contributed by atoms with van der Waals surface area (Å²) in [5.74, 6) is 0. The second kappa shape index (κ2) is 4.75. The summed E-state index contributed by atoms with van der Waals surface area (Å²) in [5, 5.41) is 1.07. The Labute approximate surface area is 104 Å². The lowest BCUT2D eigenvalue weighted by atomic mass is 10.2. The van der Waals surface area contributed by atoms with Gasteiger partial charge in [-0.25, -0.2) is 0 Å². The number of fused-ring (bicyclic) bond motifs is 1. The zero-order valence-electron chi connectivity index (χ0n) is 10.1. The third kappa shape index (κ3) is 2.00. The van der Waals surface area contributed by atoms with E-state index in [2.05, 4.69) is 18.7 Å². The average molecular weight is 248 g/mol. The second-order valence-electron chi connectivity index (χ2n) is 3.82. The molecule has 1 aromatic carbocycles. The number of rotatable bonds is 3. The van der Waals surface area contributed by atoms with Gasteiger partial charge in [0.25, 0.3) is 4.74 Å². The van der Waals surface area contributed by atoms with Crippen molar-refractivity contribution in [3.05, 3.63) is 33.8 Å². The zero-order chi connectivity index (χ0) is 12.4. The lowest BCUT2D eigenvalue weighted by Gasteiger charge is -2.23. The molecule has 0 amide bonds. The van der Waals surface area contributed by atoms with Crippen molar-refractivity contribution in [3.63, 3.8) is 0 Å². The van der Waals surface area contributed by atoms with Gasteiger partial charge in [-0.3, -0.25) is 4.79 Å². The van der Waals surface area contributed by atoms with Gasteiger partial charge >= 0.3 is 0 Å². The summed E-state index contributed by atoms with van der Waals surface area (Å²) < 4.78 is 0.944. The summed E-state index contributed by atoms with van der Waals surface area (Å²) in [7, 11) is 0. The second-order valence-corrected chi connectivity index (χ2v) is 4.83. The van der Waals surface area contributed by atoms with Gasteiger partial charge in [0.2, 0.25) is 0 Å². The molecule has 0 aliphatic rings. The quantitative estimate of drug-likeness (QED) is 0.908. The van der Waals surface area contributed by atoms with Crippen LogP contribution in [0, 0.1) is 0 Å². The van der Waals surface area contributed by atoms with Crippen LogP contribution in [-0.2, 0) is 0 Å². The van der Waals surface area contributed by atoms with Gasteiger partial charge in [0, 0.05) is 23.2 Å². The van der Waals surface area contributed by atoms with E-state index >= 15 is 0 Å². The Kier molecular flexibility index (Phi) is 3.33. The summed E-state index contributed by atoms with van der Waals surface area (Å²) in [4.78, 5) is 14.0. The molecule has 0 bridgehead atoms. The maximum atomic E-state index is 11.9. The van der Waals surface area contributed by atoms with Crippen LogP contribution in [0.15, 0.2) is 29.1 Å². The molecule has 2 aromatic rings. The molecule has 1 aromatic heterocycles. The first-order chi connectivity index (χ1) is 8.19. The van der Waals surface area contributed by atoms with Crippen molar-refractivity contribution in [1.29, 1.82) is 0 Å².